The van der Waals surface area contributed by atoms with E-state index < -0.39 is 0 Å². The number of hydrogen-bond acceptors (Lipinski definition) is 7. The molecular weight excluding hydrogens is 360 g/mol. The number of hydrazone groups is 1. The van der Waals surface area contributed by atoms with Crippen molar-refractivity contribution < 1.29 is 9.84 Å². The molecule has 0 saturated carbocycles. The Labute approximate surface area is 161 Å². The van der Waals surface area contributed by atoms with Crippen molar-refractivity contribution in [2.24, 2.45) is 5.10 Å². The molecule has 4 rings (SSSR count). The van der Waals surface area contributed by atoms with Crippen LogP contribution in [0.25, 0.3) is 10.2 Å². The molecule has 1 aromatic carbocycles. The first kappa shape index (κ1) is 17.7. The Morgan fingerprint density at radius 3 is 2.96 bits per heavy atom. The van der Waals surface area contributed by atoms with Gasteiger partial charge in [-0.1, -0.05) is 6.92 Å². The maximum atomic E-state index is 9.70. The number of fused-ring (bicyclic) bond motifs is 3. The molecule has 1 aliphatic carbocycles. The van der Waals surface area contributed by atoms with Crippen molar-refractivity contribution >= 4 is 33.6 Å². The van der Waals surface area contributed by atoms with Gasteiger partial charge in [-0.15, -0.1) is 11.3 Å². The first-order valence-corrected chi connectivity index (χ1v) is 9.98. The van der Waals surface area contributed by atoms with E-state index in [0.29, 0.717) is 5.75 Å². The summed E-state index contributed by atoms with van der Waals surface area (Å²) in [6.45, 7) is 2.06. The average molecular weight is 382 g/mol. The second-order valence-corrected chi connectivity index (χ2v) is 7.62. The third-order valence-corrected chi connectivity index (χ3v) is 5.95. The topological polar surface area (TPSA) is 79.6 Å². The normalized spacial score (nSPS) is 13.9. The minimum absolute atomic E-state index is 0.109. The highest BCUT2D eigenvalue weighted by Crippen LogP contribution is 2.38. The van der Waals surface area contributed by atoms with Crippen LogP contribution in [0.1, 0.15) is 41.6 Å². The molecule has 1 aliphatic rings. The van der Waals surface area contributed by atoms with Crippen molar-refractivity contribution in [3.05, 3.63) is 40.0 Å². The lowest BCUT2D eigenvalue weighted by Crippen LogP contribution is -2.03. The summed E-state index contributed by atoms with van der Waals surface area (Å²) in [5.74, 6) is 2.13. The quantitative estimate of drug-likeness (QED) is 0.508. The molecule has 3 aromatic rings. The van der Waals surface area contributed by atoms with E-state index in [1.165, 1.54) is 30.4 Å². The lowest BCUT2D eigenvalue weighted by molar-refractivity contribution is 0.373. The number of phenolic OH excluding ortho intramolecular Hbond substituents is 1. The van der Waals surface area contributed by atoms with Gasteiger partial charge in [-0.05, 0) is 55.0 Å². The van der Waals surface area contributed by atoms with Crippen LogP contribution in [0.4, 0.5) is 5.82 Å². The third-order valence-electron chi connectivity index (χ3n) is 4.77. The smallest absolute Gasteiger partial charge is 0.161 e. The molecule has 2 N–H and O–H groups in total. The molecule has 0 fully saturated rings. The number of benzene rings is 1. The Kier molecular flexibility index (Phi) is 4.94. The van der Waals surface area contributed by atoms with Crippen LogP contribution in [0.5, 0.6) is 11.5 Å². The molecule has 6 nitrogen and oxygen atoms in total. The van der Waals surface area contributed by atoms with Gasteiger partial charge in [-0.25, -0.2) is 9.97 Å². The van der Waals surface area contributed by atoms with E-state index >= 15 is 0 Å². The molecule has 0 atom stereocenters. The van der Waals surface area contributed by atoms with Crippen LogP contribution in [0.3, 0.4) is 0 Å². The fraction of sp³-hybridized carbons (Fsp3) is 0.350. The fourth-order valence-electron chi connectivity index (χ4n) is 3.38. The number of nitrogens with zero attached hydrogens (tertiary/aromatic N) is 3. The highest BCUT2D eigenvalue weighted by atomic mass is 32.1. The van der Waals surface area contributed by atoms with E-state index in [0.717, 1.165) is 46.7 Å². The average Bonchev–Trinajstić information content (AvgIpc) is 3.07. The Bertz CT molecular complexity index is 1010. The third kappa shape index (κ3) is 3.47. The zero-order valence-corrected chi connectivity index (χ0v) is 16.3. The number of aryl methyl sites for hydroxylation is 3. The van der Waals surface area contributed by atoms with Crippen molar-refractivity contribution in [2.75, 3.05) is 12.5 Å². The number of anilines is 1. The van der Waals surface area contributed by atoms with Crippen molar-refractivity contribution in [1.29, 1.82) is 0 Å². The molecule has 0 spiro atoms. The molecule has 2 aromatic heterocycles. The number of rotatable bonds is 5. The predicted molar refractivity (Wildman–Crippen MR) is 109 cm³/mol. The van der Waals surface area contributed by atoms with Gasteiger partial charge in [0.15, 0.2) is 17.3 Å². The number of methoxy groups -OCH3 is 1. The summed E-state index contributed by atoms with van der Waals surface area (Å²) >= 11 is 1.79. The van der Waals surface area contributed by atoms with Crippen molar-refractivity contribution in [3.8, 4) is 11.5 Å². The van der Waals surface area contributed by atoms with Gasteiger partial charge >= 0.3 is 0 Å². The van der Waals surface area contributed by atoms with Crippen LogP contribution in [-0.4, -0.2) is 28.4 Å². The van der Waals surface area contributed by atoms with E-state index in [2.05, 4.69) is 22.4 Å². The van der Waals surface area contributed by atoms with Gasteiger partial charge in [-0.3, -0.25) is 5.43 Å². The first-order valence-electron chi connectivity index (χ1n) is 9.16. The van der Waals surface area contributed by atoms with E-state index in [9.17, 15) is 5.11 Å². The molecule has 2 heterocycles. The molecule has 0 amide bonds. The highest BCUT2D eigenvalue weighted by Gasteiger charge is 2.20. The summed E-state index contributed by atoms with van der Waals surface area (Å²) in [6, 6.07) is 5.11. The van der Waals surface area contributed by atoms with E-state index in [1.807, 2.05) is 0 Å². The molecule has 0 saturated heterocycles. The predicted octanol–water partition coefficient (Wildman–Crippen LogP) is 4.29. The Morgan fingerprint density at radius 2 is 2.15 bits per heavy atom. The van der Waals surface area contributed by atoms with Gasteiger partial charge in [-0.2, -0.15) is 5.10 Å². The number of thiophene rings is 1. The zero-order chi connectivity index (χ0) is 18.8. The number of ether oxygens (including phenoxy) is 1. The first-order chi connectivity index (χ1) is 13.2. The molecular formula is C20H22N4O2S. The van der Waals surface area contributed by atoms with Crippen molar-refractivity contribution in [2.45, 2.75) is 39.0 Å². The van der Waals surface area contributed by atoms with Crippen molar-refractivity contribution in [3.63, 3.8) is 0 Å². The zero-order valence-electron chi connectivity index (χ0n) is 15.5. The maximum absolute atomic E-state index is 9.70. The summed E-state index contributed by atoms with van der Waals surface area (Å²) in [7, 11) is 1.53. The van der Waals surface area contributed by atoms with Crippen LogP contribution in [-0.2, 0) is 19.3 Å². The molecule has 0 bridgehead atoms. The molecule has 0 aliphatic heterocycles. The molecule has 27 heavy (non-hydrogen) atoms. The van der Waals surface area contributed by atoms with Crippen molar-refractivity contribution in [1.82, 2.24) is 9.97 Å². The number of aromatic nitrogens is 2. The van der Waals surface area contributed by atoms with Crippen LogP contribution in [0.2, 0.25) is 0 Å². The molecule has 0 radical (unpaired) electrons. The van der Waals surface area contributed by atoms with E-state index in [4.69, 9.17) is 9.72 Å². The summed E-state index contributed by atoms with van der Waals surface area (Å²) in [4.78, 5) is 11.9. The van der Waals surface area contributed by atoms with Crippen LogP contribution >= 0.6 is 11.3 Å². The highest BCUT2D eigenvalue weighted by molar-refractivity contribution is 7.19. The molecule has 0 unspecified atom stereocenters. The fourth-order valence-corrected chi connectivity index (χ4v) is 4.66. The van der Waals surface area contributed by atoms with Gasteiger partial charge in [0.2, 0.25) is 0 Å². The second kappa shape index (κ2) is 7.52. The molecule has 140 valence electrons. The van der Waals surface area contributed by atoms with E-state index in [-0.39, 0.29) is 5.75 Å². The largest absolute Gasteiger partial charge is 0.504 e. The van der Waals surface area contributed by atoms with E-state index in [1.54, 1.807) is 35.8 Å². The summed E-state index contributed by atoms with van der Waals surface area (Å²) in [5, 5.41) is 15.2. The Morgan fingerprint density at radius 1 is 1.30 bits per heavy atom. The van der Waals surface area contributed by atoms with Gasteiger partial charge in [0, 0.05) is 11.3 Å². The van der Waals surface area contributed by atoms with Gasteiger partial charge in [0.1, 0.15) is 10.7 Å². The van der Waals surface area contributed by atoms with Crippen LogP contribution in [0, 0.1) is 0 Å². The summed E-state index contributed by atoms with van der Waals surface area (Å²) in [5.41, 5.74) is 5.33. The van der Waals surface area contributed by atoms with Crippen LogP contribution in [0.15, 0.2) is 23.3 Å². The number of nitrogens with one attached hydrogen (secondary N) is 1. The minimum atomic E-state index is 0.109. The van der Waals surface area contributed by atoms with Gasteiger partial charge < -0.3 is 9.84 Å². The Balaban J connectivity index is 1.67. The maximum Gasteiger partial charge on any atom is 0.161 e. The minimum Gasteiger partial charge on any atom is -0.504 e. The number of hydrogen-bond donors (Lipinski definition) is 2. The van der Waals surface area contributed by atoms with Gasteiger partial charge in [0.05, 0.1) is 18.7 Å². The monoisotopic (exact) mass is 382 g/mol. The standard InChI is InChI=1S/C20H22N4O2S/c1-3-17-22-19(18-13-6-4-5-7-16(13)27-20(18)23-17)24-21-11-12-8-9-14(25)15(10-12)26-2/h8-11,25H,3-7H2,1-2H3,(H,22,23,24). The molecule has 7 heteroatoms. The SMILES string of the molecule is CCc1nc(NN=Cc2ccc(O)c(OC)c2)c2c3c(sc2n1)CCCC3. The second-order valence-electron chi connectivity index (χ2n) is 6.53. The van der Waals surface area contributed by atoms with Crippen LogP contribution < -0.4 is 10.2 Å². The number of aromatic hydroxyl groups is 1. The Hall–Kier alpha value is -2.67. The summed E-state index contributed by atoms with van der Waals surface area (Å²) < 4.78 is 5.14. The lowest BCUT2D eigenvalue weighted by atomic mass is 9.97. The lowest BCUT2D eigenvalue weighted by Gasteiger charge is -2.11. The van der Waals surface area contributed by atoms with Gasteiger partial charge in [0.25, 0.3) is 0 Å². The summed E-state index contributed by atoms with van der Waals surface area (Å²) in [6.07, 6.45) is 7.15. The number of phenols is 1.